The van der Waals surface area contributed by atoms with E-state index in [0.29, 0.717) is 6.04 Å². The summed E-state index contributed by atoms with van der Waals surface area (Å²) in [7, 11) is 2.18. The monoisotopic (exact) mass is 284 g/mol. The van der Waals surface area contributed by atoms with E-state index in [-0.39, 0.29) is 16.9 Å². The van der Waals surface area contributed by atoms with Crippen molar-refractivity contribution in [2.24, 2.45) is 0 Å². The van der Waals surface area contributed by atoms with Crippen LogP contribution in [-0.2, 0) is 0 Å². The predicted octanol–water partition coefficient (Wildman–Crippen LogP) is 3.61. The summed E-state index contributed by atoms with van der Waals surface area (Å²) in [5, 5.41) is 3.64. The largest absolute Gasteiger partial charge is 0.309 e. The van der Waals surface area contributed by atoms with Gasteiger partial charge in [-0.1, -0.05) is 17.7 Å². The van der Waals surface area contributed by atoms with Crippen LogP contribution in [0.4, 0.5) is 4.39 Å². The van der Waals surface area contributed by atoms with E-state index in [1.807, 2.05) is 13.0 Å². The Morgan fingerprint density at radius 3 is 2.68 bits per heavy atom. The average molecular weight is 285 g/mol. The molecule has 0 saturated heterocycles. The van der Waals surface area contributed by atoms with Gasteiger partial charge in [-0.05, 0) is 51.4 Å². The Hall–Kier alpha value is -0.640. The molecule has 0 amide bonds. The molecule has 19 heavy (non-hydrogen) atoms. The summed E-state index contributed by atoms with van der Waals surface area (Å²) in [6, 6.07) is 6.38. The van der Waals surface area contributed by atoms with Gasteiger partial charge in [-0.3, -0.25) is 4.90 Å². The number of rotatable bonds is 6. The van der Waals surface area contributed by atoms with Gasteiger partial charge in [-0.15, -0.1) is 0 Å². The molecule has 1 aromatic rings. The van der Waals surface area contributed by atoms with Crippen LogP contribution in [0.1, 0.15) is 38.3 Å². The van der Waals surface area contributed by atoms with Crippen LogP contribution in [0.15, 0.2) is 18.2 Å². The van der Waals surface area contributed by atoms with Gasteiger partial charge >= 0.3 is 0 Å². The van der Waals surface area contributed by atoms with Gasteiger partial charge in [0.05, 0.1) is 5.02 Å². The number of halogens is 2. The van der Waals surface area contributed by atoms with Crippen molar-refractivity contribution >= 4 is 11.6 Å². The van der Waals surface area contributed by atoms with Crippen molar-refractivity contribution in [3.05, 3.63) is 34.6 Å². The van der Waals surface area contributed by atoms with Crippen LogP contribution < -0.4 is 5.32 Å². The van der Waals surface area contributed by atoms with E-state index in [4.69, 9.17) is 11.6 Å². The predicted molar refractivity (Wildman–Crippen MR) is 78.1 cm³/mol. The Morgan fingerprint density at radius 1 is 1.42 bits per heavy atom. The highest BCUT2D eigenvalue weighted by molar-refractivity contribution is 6.30. The van der Waals surface area contributed by atoms with Crippen LogP contribution >= 0.6 is 11.6 Å². The van der Waals surface area contributed by atoms with E-state index < -0.39 is 0 Å². The highest BCUT2D eigenvalue weighted by Crippen LogP contribution is 2.27. The highest BCUT2D eigenvalue weighted by Gasteiger charge is 2.29. The van der Waals surface area contributed by atoms with E-state index >= 15 is 0 Å². The summed E-state index contributed by atoms with van der Waals surface area (Å²) < 4.78 is 13.4. The molecule has 1 aliphatic rings. The maximum Gasteiger partial charge on any atom is 0.142 e. The highest BCUT2D eigenvalue weighted by atomic mass is 35.5. The number of nitrogens with one attached hydrogen (secondary N) is 1. The molecule has 0 aromatic heterocycles. The molecule has 4 heteroatoms. The van der Waals surface area contributed by atoms with Gasteiger partial charge < -0.3 is 5.32 Å². The summed E-state index contributed by atoms with van der Waals surface area (Å²) in [5.41, 5.74) is 0.933. The van der Waals surface area contributed by atoms with Crippen LogP contribution in [-0.4, -0.2) is 30.6 Å². The summed E-state index contributed by atoms with van der Waals surface area (Å²) in [4.78, 5) is 2.42. The van der Waals surface area contributed by atoms with Crippen molar-refractivity contribution in [3.63, 3.8) is 0 Å². The van der Waals surface area contributed by atoms with Crippen molar-refractivity contribution in [1.82, 2.24) is 10.2 Å². The van der Waals surface area contributed by atoms with Crippen molar-refractivity contribution in [1.29, 1.82) is 0 Å². The maximum absolute atomic E-state index is 13.4. The molecule has 0 aliphatic heterocycles. The smallest absolute Gasteiger partial charge is 0.142 e. The Kier molecular flexibility index (Phi) is 4.82. The first-order valence-electron chi connectivity index (χ1n) is 6.89. The van der Waals surface area contributed by atoms with Crippen molar-refractivity contribution < 1.29 is 4.39 Å². The van der Waals surface area contributed by atoms with Crippen molar-refractivity contribution in [2.75, 3.05) is 13.6 Å². The molecule has 1 N–H and O–H groups in total. The lowest BCUT2D eigenvalue weighted by atomic mass is 10.1. The first-order valence-corrected chi connectivity index (χ1v) is 7.27. The third-order valence-corrected chi connectivity index (χ3v) is 4.29. The summed E-state index contributed by atoms with van der Waals surface area (Å²) in [6.07, 6.45) is 2.64. The summed E-state index contributed by atoms with van der Waals surface area (Å²) in [5.74, 6) is -0.351. The van der Waals surface area contributed by atoms with Crippen LogP contribution in [0.3, 0.4) is 0 Å². The lowest BCUT2D eigenvalue weighted by Crippen LogP contribution is -2.39. The van der Waals surface area contributed by atoms with Crippen LogP contribution in [0.2, 0.25) is 5.02 Å². The lowest BCUT2D eigenvalue weighted by molar-refractivity contribution is 0.237. The Bertz CT molecular complexity index is 434. The van der Waals surface area contributed by atoms with Gasteiger partial charge in [0.25, 0.3) is 0 Å². The first-order chi connectivity index (χ1) is 8.99. The molecule has 2 atom stereocenters. The Labute approximate surface area is 119 Å². The number of likely N-dealkylation sites (N-methyl/N-ethyl adjacent to an activating group) is 1. The zero-order valence-electron chi connectivity index (χ0n) is 11.8. The fraction of sp³-hybridized carbons (Fsp3) is 0.600. The molecule has 1 aliphatic carbocycles. The minimum atomic E-state index is -0.351. The van der Waals surface area contributed by atoms with Gasteiger partial charge in [0.2, 0.25) is 0 Å². The molecule has 1 saturated carbocycles. The van der Waals surface area contributed by atoms with Crippen molar-refractivity contribution in [2.45, 2.75) is 44.8 Å². The quantitative estimate of drug-likeness (QED) is 0.858. The number of benzene rings is 1. The van der Waals surface area contributed by atoms with E-state index in [1.54, 1.807) is 6.07 Å². The van der Waals surface area contributed by atoms with Crippen LogP contribution in [0.5, 0.6) is 0 Å². The normalized spacial score (nSPS) is 18.6. The van der Waals surface area contributed by atoms with E-state index in [0.717, 1.165) is 18.2 Å². The molecule has 1 fully saturated rings. The van der Waals surface area contributed by atoms with Gasteiger partial charge in [0.1, 0.15) is 5.82 Å². The molecule has 0 spiro atoms. The number of hydrogen-bond donors (Lipinski definition) is 1. The molecule has 2 nitrogen and oxygen atoms in total. The second-order valence-corrected chi connectivity index (χ2v) is 5.96. The Balaban J connectivity index is 1.86. The molecule has 0 radical (unpaired) electrons. The number of nitrogens with zero attached hydrogens (tertiary/aromatic N) is 1. The lowest BCUT2D eigenvalue weighted by Gasteiger charge is -2.26. The minimum Gasteiger partial charge on any atom is -0.309 e. The molecule has 2 unspecified atom stereocenters. The molecule has 106 valence electrons. The molecule has 0 bridgehead atoms. The second-order valence-electron chi connectivity index (χ2n) is 5.55. The zero-order chi connectivity index (χ0) is 14.0. The Morgan fingerprint density at radius 2 is 2.11 bits per heavy atom. The van der Waals surface area contributed by atoms with Gasteiger partial charge in [0, 0.05) is 24.7 Å². The fourth-order valence-corrected chi connectivity index (χ4v) is 2.35. The van der Waals surface area contributed by atoms with Gasteiger partial charge in [-0.25, -0.2) is 4.39 Å². The van der Waals surface area contributed by atoms with E-state index in [2.05, 4.69) is 24.2 Å². The maximum atomic E-state index is 13.4. The average Bonchev–Trinajstić information content (AvgIpc) is 3.22. The zero-order valence-corrected chi connectivity index (χ0v) is 12.5. The summed E-state index contributed by atoms with van der Waals surface area (Å²) in [6.45, 7) is 5.17. The third kappa shape index (κ3) is 3.91. The SMILES string of the molecule is CC(NCC(C)N(C)C1CC1)c1ccc(Cl)c(F)c1. The van der Waals surface area contributed by atoms with E-state index in [9.17, 15) is 4.39 Å². The van der Waals surface area contributed by atoms with Crippen molar-refractivity contribution in [3.8, 4) is 0 Å². The molecular formula is C15H22ClFN2. The van der Waals surface area contributed by atoms with Gasteiger partial charge in [-0.2, -0.15) is 0 Å². The van der Waals surface area contributed by atoms with Gasteiger partial charge in [0.15, 0.2) is 0 Å². The first kappa shape index (κ1) is 14.8. The standard InChI is InChI=1S/C15H22ClFN2/c1-10(19(3)13-5-6-13)9-18-11(2)12-4-7-14(16)15(17)8-12/h4,7-8,10-11,13,18H,5-6,9H2,1-3H3. The third-order valence-electron chi connectivity index (χ3n) is 3.98. The summed E-state index contributed by atoms with van der Waals surface area (Å²) >= 11 is 5.69. The molecule has 0 heterocycles. The fourth-order valence-electron chi connectivity index (χ4n) is 2.23. The second kappa shape index (κ2) is 6.21. The van der Waals surface area contributed by atoms with E-state index in [1.165, 1.54) is 18.9 Å². The topological polar surface area (TPSA) is 15.3 Å². The minimum absolute atomic E-state index is 0.127. The molecule has 2 rings (SSSR count). The molecular weight excluding hydrogens is 263 g/mol. The number of hydrogen-bond acceptors (Lipinski definition) is 2. The van der Waals surface area contributed by atoms with Crippen LogP contribution in [0, 0.1) is 5.82 Å². The van der Waals surface area contributed by atoms with Crippen LogP contribution in [0.25, 0.3) is 0 Å². The molecule has 1 aromatic carbocycles.